The second kappa shape index (κ2) is 21.9. The standard InChI is InChI=1S/C51H84O23/c1-20-7-12-51(66-18-20)21(2)32-27(74-51)14-26-24-6-5-22-13-23(8-10-49(22,3)25(24)9-11-50(26,32)4)67-45-42(64)39(61)43(30(17-54)70-45)72-47-41(63)37(59)35(57)31(71-47)19-65-48-44(38(60)34(56)29(16-53)69-48)73-46-40(62)36(58)33(55)28(15-52)68-46/h20-48,52-64H,5-19H2,1-4H3. The van der Waals surface area contributed by atoms with Gasteiger partial charge in [-0.2, -0.15) is 0 Å². The lowest BCUT2D eigenvalue weighted by Crippen LogP contribution is -2.66. The van der Waals surface area contributed by atoms with E-state index in [0.717, 1.165) is 51.6 Å². The molecule has 10 fully saturated rings. The Kier molecular flexibility index (Phi) is 16.6. The second-order valence-electron chi connectivity index (χ2n) is 24.4. The highest BCUT2D eigenvalue weighted by atomic mass is 16.8. The largest absolute Gasteiger partial charge is 0.394 e. The van der Waals surface area contributed by atoms with Gasteiger partial charge in [-0.05, 0) is 104 Å². The molecule has 0 aromatic rings. The average Bonchev–Trinajstić information content (AvgIpc) is 3.84. The third-order valence-corrected chi connectivity index (χ3v) is 20.4. The van der Waals surface area contributed by atoms with Gasteiger partial charge in [0.25, 0.3) is 0 Å². The molecular formula is C51H84O23. The van der Waals surface area contributed by atoms with Crippen molar-refractivity contribution < 1.29 is 114 Å². The van der Waals surface area contributed by atoms with Crippen LogP contribution in [0.3, 0.4) is 0 Å². The predicted molar refractivity (Wildman–Crippen MR) is 248 cm³/mol. The molecule has 23 nitrogen and oxygen atoms in total. The fourth-order valence-electron chi connectivity index (χ4n) is 16.1. The van der Waals surface area contributed by atoms with Crippen molar-refractivity contribution in [3.63, 3.8) is 0 Å². The van der Waals surface area contributed by atoms with Crippen LogP contribution in [0.1, 0.15) is 91.9 Å². The molecular weight excluding hydrogens is 981 g/mol. The number of hydrogen-bond donors (Lipinski definition) is 13. The zero-order valence-corrected chi connectivity index (χ0v) is 42.7. The molecule has 0 aromatic carbocycles. The second-order valence-corrected chi connectivity index (χ2v) is 24.4. The summed E-state index contributed by atoms with van der Waals surface area (Å²) in [6.45, 7) is 7.33. The number of rotatable bonds is 12. The van der Waals surface area contributed by atoms with Crippen LogP contribution in [0.15, 0.2) is 0 Å². The normalized spacial score (nSPS) is 57.6. The fourth-order valence-corrected chi connectivity index (χ4v) is 16.1. The molecule has 1 spiro atoms. The zero-order valence-electron chi connectivity index (χ0n) is 42.7. The van der Waals surface area contributed by atoms with E-state index in [2.05, 4.69) is 27.7 Å². The smallest absolute Gasteiger partial charge is 0.187 e. The Bertz CT molecular complexity index is 1880. The molecule has 6 saturated heterocycles. The first kappa shape index (κ1) is 56.4. The van der Waals surface area contributed by atoms with Gasteiger partial charge in [0.2, 0.25) is 0 Å². The lowest BCUT2D eigenvalue weighted by atomic mass is 9.44. The van der Waals surface area contributed by atoms with E-state index in [9.17, 15) is 66.4 Å². The van der Waals surface area contributed by atoms with Gasteiger partial charge < -0.3 is 114 Å². The molecule has 4 aliphatic carbocycles. The summed E-state index contributed by atoms with van der Waals surface area (Å²) in [6.07, 6.45) is -24.3. The lowest BCUT2D eigenvalue weighted by molar-refractivity contribution is -0.379. The summed E-state index contributed by atoms with van der Waals surface area (Å²) in [5.41, 5.74) is 0.317. The van der Waals surface area contributed by atoms with Crippen LogP contribution in [0.4, 0.5) is 0 Å². The van der Waals surface area contributed by atoms with Gasteiger partial charge >= 0.3 is 0 Å². The van der Waals surface area contributed by atoms with Crippen molar-refractivity contribution in [2.75, 3.05) is 33.0 Å². The highest BCUT2D eigenvalue weighted by Crippen LogP contribution is 2.71. The van der Waals surface area contributed by atoms with E-state index in [1.54, 1.807) is 0 Å². The third kappa shape index (κ3) is 9.66. The Hall–Kier alpha value is -0.920. The van der Waals surface area contributed by atoms with E-state index >= 15 is 0 Å². The predicted octanol–water partition coefficient (Wildman–Crippen LogP) is -2.91. The number of ether oxygens (including phenoxy) is 10. The van der Waals surface area contributed by atoms with E-state index in [-0.39, 0.29) is 23.0 Å². The quantitative estimate of drug-likeness (QED) is 0.0872. The maximum absolute atomic E-state index is 11.6. The van der Waals surface area contributed by atoms with Crippen molar-refractivity contribution in [2.45, 2.75) is 233 Å². The zero-order chi connectivity index (χ0) is 52.9. The van der Waals surface area contributed by atoms with Crippen LogP contribution in [0.25, 0.3) is 0 Å². The Labute approximate surface area is 430 Å². The van der Waals surface area contributed by atoms with Gasteiger partial charge in [0.05, 0.1) is 45.2 Å². The van der Waals surface area contributed by atoms with Crippen LogP contribution in [0.2, 0.25) is 0 Å². The summed E-state index contributed by atoms with van der Waals surface area (Å²) in [5.74, 6) is 3.13. The molecule has 23 heteroatoms. The summed E-state index contributed by atoms with van der Waals surface area (Å²) >= 11 is 0. The van der Waals surface area contributed by atoms with Gasteiger partial charge in [-0.25, -0.2) is 0 Å². The van der Waals surface area contributed by atoms with E-state index in [0.29, 0.717) is 47.8 Å². The molecule has 13 N–H and O–H groups in total. The number of fused-ring (bicyclic) bond motifs is 7. The monoisotopic (exact) mass is 1060 g/mol. The highest BCUT2D eigenvalue weighted by molar-refractivity contribution is 5.15. The van der Waals surface area contributed by atoms with Gasteiger partial charge in [-0.1, -0.05) is 27.7 Å². The molecule has 0 bridgehead atoms. The maximum Gasteiger partial charge on any atom is 0.187 e. The van der Waals surface area contributed by atoms with Gasteiger partial charge in [-0.15, -0.1) is 0 Å². The topological polar surface area (TPSA) is 355 Å². The van der Waals surface area contributed by atoms with Crippen molar-refractivity contribution >= 4 is 0 Å². The van der Waals surface area contributed by atoms with Crippen LogP contribution in [0.5, 0.6) is 0 Å². The molecule has 4 saturated carbocycles. The lowest BCUT2D eigenvalue weighted by Gasteiger charge is -2.61. The summed E-state index contributed by atoms with van der Waals surface area (Å²) in [5, 5.41) is 139. The minimum absolute atomic E-state index is 0.108. The first-order chi connectivity index (χ1) is 35.2. The Morgan fingerprint density at radius 1 is 0.500 bits per heavy atom. The fraction of sp³-hybridized carbons (Fsp3) is 1.00. The minimum atomic E-state index is -1.96. The molecule has 0 radical (unpaired) electrons. The molecule has 6 aliphatic heterocycles. The van der Waals surface area contributed by atoms with E-state index in [1.165, 1.54) is 12.8 Å². The van der Waals surface area contributed by atoms with Crippen molar-refractivity contribution in [3.05, 3.63) is 0 Å². The van der Waals surface area contributed by atoms with Crippen molar-refractivity contribution in [1.29, 1.82) is 0 Å². The average molecular weight is 1070 g/mol. The highest BCUT2D eigenvalue weighted by Gasteiger charge is 2.69. The Morgan fingerprint density at radius 3 is 1.70 bits per heavy atom. The molecule has 32 atom stereocenters. The number of aliphatic hydroxyl groups is 13. The first-order valence-corrected chi connectivity index (χ1v) is 27.3. The molecule has 10 rings (SSSR count). The van der Waals surface area contributed by atoms with Gasteiger partial charge in [0, 0.05) is 12.3 Å². The van der Waals surface area contributed by atoms with Gasteiger partial charge in [0.1, 0.15) is 97.7 Å². The SMILES string of the molecule is CC1CCC2(OC1)OC1CC3C4CCC5CC(OC6OC(CO)C(OC7OC(COC8OC(CO)C(O)C(O)C8OC8OC(CO)C(O)C(O)C8O)C(O)C(O)C7O)C(O)C6O)CCC5(C)C4CCC3(C)C1C2C. The molecule has 32 unspecified atom stereocenters. The van der Waals surface area contributed by atoms with Crippen molar-refractivity contribution in [2.24, 2.45) is 52.3 Å². The van der Waals surface area contributed by atoms with Crippen LogP contribution in [-0.4, -0.2) is 240 Å². The molecule has 426 valence electrons. The van der Waals surface area contributed by atoms with Crippen molar-refractivity contribution in [3.8, 4) is 0 Å². The molecule has 10 aliphatic rings. The Morgan fingerprint density at radius 2 is 1.05 bits per heavy atom. The Balaban J connectivity index is 0.747. The van der Waals surface area contributed by atoms with Crippen LogP contribution < -0.4 is 0 Å². The summed E-state index contributed by atoms with van der Waals surface area (Å²) < 4.78 is 60.4. The van der Waals surface area contributed by atoms with E-state index < -0.39 is 155 Å². The minimum Gasteiger partial charge on any atom is -0.394 e. The van der Waals surface area contributed by atoms with E-state index in [1.807, 2.05) is 0 Å². The van der Waals surface area contributed by atoms with Crippen LogP contribution >= 0.6 is 0 Å². The van der Waals surface area contributed by atoms with Gasteiger partial charge in [0.15, 0.2) is 30.9 Å². The summed E-state index contributed by atoms with van der Waals surface area (Å²) in [4.78, 5) is 0. The van der Waals surface area contributed by atoms with Crippen LogP contribution in [0, 0.1) is 52.3 Å². The van der Waals surface area contributed by atoms with Crippen molar-refractivity contribution in [1.82, 2.24) is 0 Å². The summed E-state index contributed by atoms with van der Waals surface area (Å²) in [7, 11) is 0. The molecule has 0 aromatic heterocycles. The van der Waals surface area contributed by atoms with Crippen LogP contribution in [-0.2, 0) is 47.4 Å². The third-order valence-electron chi connectivity index (χ3n) is 20.4. The molecule has 0 amide bonds. The van der Waals surface area contributed by atoms with Gasteiger partial charge in [-0.3, -0.25) is 0 Å². The number of hydrogen-bond acceptors (Lipinski definition) is 23. The molecule has 74 heavy (non-hydrogen) atoms. The maximum atomic E-state index is 11.6. The van der Waals surface area contributed by atoms with E-state index in [4.69, 9.17) is 47.4 Å². The number of aliphatic hydroxyl groups excluding tert-OH is 13. The summed E-state index contributed by atoms with van der Waals surface area (Å²) in [6, 6.07) is 0. The first-order valence-electron chi connectivity index (χ1n) is 27.3. The molecule has 6 heterocycles.